The Morgan fingerprint density at radius 3 is 2.24 bits per heavy atom. The van der Waals surface area contributed by atoms with Gasteiger partial charge in [0.1, 0.15) is 11.5 Å². The Hall–Kier alpha value is -1.42. The summed E-state index contributed by atoms with van der Waals surface area (Å²) in [6.45, 7) is 0. The summed E-state index contributed by atoms with van der Waals surface area (Å²) in [5, 5.41) is 3.48. The van der Waals surface area contributed by atoms with Crippen LogP contribution in [0.1, 0.15) is 19.3 Å². The molecule has 1 aliphatic carbocycles. The lowest BCUT2D eigenvalue weighted by Gasteiger charge is -2.15. The van der Waals surface area contributed by atoms with Gasteiger partial charge in [-0.2, -0.15) is 0 Å². The third-order valence-corrected chi connectivity index (χ3v) is 3.20. The predicted octanol–water partition coefficient (Wildman–Crippen LogP) is 2.00. The summed E-state index contributed by atoms with van der Waals surface area (Å²) in [6.07, 6.45) is 3.25. The van der Waals surface area contributed by atoms with E-state index in [0.717, 1.165) is 36.4 Å². The molecule has 0 bridgehead atoms. The molecule has 0 aromatic heterocycles. The number of benzene rings is 1. The average Bonchev–Trinajstić information content (AvgIpc) is 2.74. The van der Waals surface area contributed by atoms with Crippen LogP contribution in [-0.2, 0) is 0 Å². The van der Waals surface area contributed by atoms with Gasteiger partial charge >= 0.3 is 0 Å². The van der Waals surface area contributed by atoms with E-state index >= 15 is 0 Å². The molecule has 1 aromatic carbocycles. The molecule has 2 rings (SSSR count). The molecule has 94 valence electrons. The van der Waals surface area contributed by atoms with Gasteiger partial charge in [0.25, 0.3) is 0 Å². The second-order valence-electron chi connectivity index (χ2n) is 4.52. The van der Waals surface area contributed by atoms with Crippen LogP contribution >= 0.6 is 0 Å². The number of hydrogen-bond acceptors (Lipinski definition) is 4. The van der Waals surface area contributed by atoms with Crippen molar-refractivity contribution in [3.05, 3.63) is 18.2 Å². The molecular weight excluding hydrogens is 216 g/mol. The van der Waals surface area contributed by atoms with Crippen molar-refractivity contribution in [2.45, 2.75) is 31.3 Å². The molecule has 0 amide bonds. The first-order chi connectivity index (χ1) is 8.21. The molecule has 0 radical (unpaired) electrons. The quantitative estimate of drug-likeness (QED) is 0.839. The number of nitrogens with one attached hydrogen (secondary N) is 1. The molecule has 0 heterocycles. The lowest BCUT2D eigenvalue weighted by Crippen LogP contribution is -2.20. The van der Waals surface area contributed by atoms with Gasteiger partial charge < -0.3 is 20.5 Å². The lowest BCUT2D eigenvalue weighted by molar-refractivity contribution is 0.394. The number of nitrogens with two attached hydrogens (primary N) is 1. The number of rotatable bonds is 4. The third kappa shape index (κ3) is 3.03. The summed E-state index contributed by atoms with van der Waals surface area (Å²) < 4.78 is 10.5. The molecule has 1 aromatic rings. The average molecular weight is 236 g/mol. The van der Waals surface area contributed by atoms with E-state index in [1.165, 1.54) is 0 Å². The molecule has 3 N–H and O–H groups in total. The van der Waals surface area contributed by atoms with Crippen molar-refractivity contribution in [3.8, 4) is 11.5 Å². The van der Waals surface area contributed by atoms with E-state index in [0.29, 0.717) is 12.1 Å². The number of ether oxygens (including phenoxy) is 2. The molecule has 0 aliphatic heterocycles. The minimum atomic E-state index is 0.333. The van der Waals surface area contributed by atoms with Gasteiger partial charge in [-0.15, -0.1) is 0 Å². The zero-order valence-corrected chi connectivity index (χ0v) is 10.4. The maximum Gasteiger partial charge on any atom is 0.124 e. The first-order valence-electron chi connectivity index (χ1n) is 5.96. The van der Waals surface area contributed by atoms with Gasteiger partial charge in [0.15, 0.2) is 0 Å². The van der Waals surface area contributed by atoms with Crippen molar-refractivity contribution in [3.63, 3.8) is 0 Å². The molecular formula is C13H20N2O2. The van der Waals surface area contributed by atoms with Crippen molar-refractivity contribution in [2.24, 2.45) is 5.73 Å². The van der Waals surface area contributed by atoms with E-state index in [2.05, 4.69) is 5.32 Å². The minimum Gasteiger partial charge on any atom is -0.497 e. The van der Waals surface area contributed by atoms with Gasteiger partial charge in [-0.1, -0.05) is 0 Å². The van der Waals surface area contributed by atoms with Gasteiger partial charge in [0.2, 0.25) is 0 Å². The van der Waals surface area contributed by atoms with Crippen LogP contribution in [0.25, 0.3) is 0 Å². The van der Waals surface area contributed by atoms with Crippen molar-refractivity contribution < 1.29 is 9.47 Å². The second-order valence-corrected chi connectivity index (χ2v) is 4.52. The van der Waals surface area contributed by atoms with E-state index in [-0.39, 0.29) is 0 Å². The summed E-state index contributed by atoms with van der Waals surface area (Å²) in [7, 11) is 3.31. The highest BCUT2D eigenvalue weighted by Crippen LogP contribution is 2.28. The Morgan fingerprint density at radius 2 is 1.76 bits per heavy atom. The first kappa shape index (κ1) is 12.0. The van der Waals surface area contributed by atoms with Crippen molar-refractivity contribution >= 4 is 5.69 Å². The van der Waals surface area contributed by atoms with Gasteiger partial charge in [0, 0.05) is 36.0 Å². The molecule has 0 saturated heterocycles. The largest absolute Gasteiger partial charge is 0.497 e. The summed E-state index contributed by atoms with van der Waals surface area (Å²) in [5.74, 6) is 1.60. The van der Waals surface area contributed by atoms with Crippen LogP contribution < -0.4 is 20.5 Å². The van der Waals surface area contributed by atoms with E-state index < -0.39 is 0 Å². The minimum absolute atomic E-state index is 0.333. The number of anilines is 1. The fourth-order valence-corrected chi connectivity index (χ4v) is 2.27. The van der Waals surface area contributed by atoms with Crippen LogP contribution in [0.4, 0.5) is 5.69 Å². The molecule has 2 unspecified atom stereocenters. The highest BCUT2D eigenvalue weighted by molar-refractivity contribution is 5.54. The van der Waals surface area contributed by atoms with Crippen LogP contribution in [0, 0.1) is 0 Å². The van der Waals surface area contributed by atoms with Crippen molar-refractivity contribution in [1.82, 2.24) is 0 Å². The second kappa shape index (κ2) is 5.27. The molecule has 17 heavy (non-hydrogen) atoms. The zero-order chi connectivity index (χ0) is 12.3. The summed E-state index contributed by atoms with van der Waals surface area (Å²) in [5.41, 5.74) is 6.93. The van der Waals surface area contributed by atoms with E-state index in [9.17, 15) is 0 Å². The van der Waals surface area contributed by atoms with Gasteiger partial charge in [-0.05, 0) is 19.3 Å². The van der Waals surface area contributed by atoms with E-state index in [1.807, 2.05) is 18.2 Å². The standard InChI is InChI=1S/C13H20N2O2/c1-16-12-6-11(7-13(8-12)17-2)15-10-4-3-9(14)5-10/h6-10,15H,3-5,14H2,1-2H3. The van der Waals surface area contributed by atoms with Crippen molar-refractivity contribution in [1.29, 1.82) is 0 Å². The molecule has 4 nitrogen and oxygen atoms in total. The smallest absolute Gasteiger partial charge is 0.124 e. The van der Waals surface area contributed by atoms with Crippen molar-refractivity contribution in [2.75, 3.05) is 19.5 Å². The third-order valence-electron chi connectivity index (χ3n) is 3.20. The fraction of sp³-hybridized carbons (Fsp3) is 0.538. The molecule has 1 saturated carbocycles. The summed E-state index contributed by atoms with van der Waals surface area (Å²) in [6, 6.07) is 6.62. The molecule has 1 aliphatic rings. The summed E-state index contributed by atoms with van der Waals surface area (Å²) >= 11 is 0. The van der Waals surface area contributed by atoms with Gasteiger partial charge in [-0.3, -0.25) is 0 Å². The van der Waals surface area contributed by atoms with E-state index in [4.69, 9.17) is 15.2 Å². The molecule has 2 atom stereocenters. The maximum atomic E-state index is 5.90. The Balaban J connectivity index is 2.09. The predicted molar refractivity (Wildman–Crippen MR) is 68.8 cm³/mol. The Kier molecular flexibility index (Phi) is 3.74. The Bertz CT molecular complexity index is 359. The van der Waals surface area contributed by atoms with Crippen LogP contribution in [0.2, 0.25) is 0 Å². The number of hydrogen-bond donors (Lipinski definition) is 2. The highest BCUT2D eigenvalue weighted by Gasteiger charge is 2.21. The maximum absolute atomic E-state index is 5.90. The van der Waals surface area contributed by atoms with Gasteiger partial charge in [-0.25, -0.2) is 0 Å². The highest BCUT2D eigenvalue weighted by atomic mass is 16.5. The van der Waals surface area contributed by atoms with Crippen LogP contribution in [0.5, 0.6) is 11.5 Å². The van der Waals surface area contributed by atoms with Crippen LogP contribution in [0.15, 0.2) is 18.2 Å². The van der Waals surface area contributed by atoms with Crippen LogP contribution in [0.3, 0.4) is 0 Å². The van der Waals surface area contributed by atoms with Gasteiger partial charge in [0.05, 0.1) is 14.2 Å². The van der Waals surface area contributed by atoms with Crippen LogP contribution in [-0.4, -0.2) is 26.3 Å². The Labute approximate surface area is 102 Å². The lowest BCUT2D eigenvalue weighted by atomic mass is 10.2. The SMILES string of the molecule is COc1cc(NC2CCC(N)C2)cc(OC)c1. The first-order valence-corrected chi connectivity index (χ1v) is 5.96. The fourth-order valence-electron chi connectivity index (χ4n) is 2.27. The normalized spacial score (nSPS) is 23.5. The summed E-state index contributed by atoms with van der Waals surface area (Å²) in [4.78, 5) is 0. The zero-order valence-electron chi connectivity index (χ0n) is 10.4. The van der Waals surface area contributed by atoms with E-state index in [1.54, 1.807) is 14.2 Å². The molecule has 1 fully saturated rings. The Morgan fingerprint density at radius 1 is 1.12 bits per heavy atom. The monoisotopic (exact) mass is 236 g/mol. The topological polar surface area (TPSA) is 56.5 Å². The molecule has 0 spiro atoms. The molecule has 4 heteroatoms. The number of methoxy groups -OCH3 is 2.